The van der Waals surface area contributed by atoms with Crippen molar-refractivity contribution in [1.29, 1.82) is 0 Å². The Bertz CT molecular complexity index is 335. The van der Waals surface area contributed by atoms with Gasteiger partial charge in [0.05, 0.1) is 0 Å². The van der Waals surface area contributed by atoms with Gasteiger partial charge in [0.25, 0.3) is 0 Å². The van der Waals surface area contributed by atoms with Crippen molar-refractivity contribution in [2.24, 2.45) is 5.92 Å². The van der Waals surface area contributed by atoms with E-state index in [2.05, 4.69) is 5.32 Å². The molecule has 5 heteroatoms. The number of rotatable bonds is 5. The Morgan fingerprint density at radius 1 is 1.38 bits per heavy atom. The molecular weight excluding hydrogens is 230 g/mol. The molecular formula is C11H16F2N2S. The first-order valence-corrected chi connectivity index (χ1v) is 6.41. The van der Waals surface area contributed by atoms with E-state index in [1.807, 2.05) is 13.2 Å². The van der Waals surface area contributed by atoms with E-state index in [1.54, 1.807) is 11.8 Å². The Balaban J connectivity index is 2.67. The van der Waals surface area contributed by atoms with Crippen LogP contribution in [0.2, 0.25) is 0 Å². The van der Waals surface area contributed by atoms with Crippen molar-refractivity contribution in [2.45, 2.75) is 6.92 Å². The minimum atomic E-state index is -0.645. The second kappa shape index (κ2) is 5.94. The normalized spacial score (nSPS) is 12.5. The van der Waals surface area contributed by atoms with Crippen LogP contribution in [0.5, 0.6) is 0 Å². The zero-order valence-corrected chi connectivity index (χ0v) is 10.2. The second-order valence-corrected chi connectivity index (χ2v) is 4.71. The first kappa shape index (κ1) is 13.1. The van der Waals surface area contributed by atoms with E-state index in [9.17, 15) is 8.78 Å². The number of halogens is 2. The van der Waals surface area contributed by atoms with Crippen LogP contribution >= 0.6 is 11.8 Å². The molecule has 0 spiro atoms. The second-order valence-electron chi connectivity index (χ2n) is 3.80. The van der Waals surface area contributed by atoms with Crippen molar-refractivity contribution < 1.29 is 8.78 Å². The molecule has 0 saturated heterocycles. The summed E-state index contributed by atoms with van der Waals surface area (Å²) >= 11 is 1.71. The summed E-state index contributed by atoms with van der Waals surface area (Å²) in [6, 6.07) is 2.23. The average Bonchev–Trinajstić information content (AvgIpc) is 2.16. The number of benzene rings is 1. The van der Waals surface area contributed by atoms with Crippen LogP contribution in [0.1, 0.15) is 6.92 Å². The Kier molecular flexibility index (Phi) is 4.86. The highest BCUT2D eigenvalue weighted by atomic mass is 32.2. The lowest BCUT2D eigenvalue weighted by molar-refractivity contribution is 0.584. The van der Waals surface area contributed by atoms with E-state index >= 15 is 0 Å². The molecule has 0 fully saturated rings. The SMILES string of the molecule is CSCC(C)CNc1c(F)cc(N)cc1F. The lowest BCUT2D eigenvalue weighted by atomic mass is 10.2. The molecule has 0 aromatic heterocycles. The molecule has 0 aliphatic rings. The molecule has 3 N–H and O–H groups in total. The predicted molar refractivity (Wildman–Crippen MR) is 66.8 cm³/mol. The van der Waals surface area contributed by atoms with E-state index in [1.165, 1.54) is 0 Å². The molecule has 0 radical (unpaired) electrons. The summed E-state index contributed by atoms with van der Waals surface area (Å²) in [5, 5.41) is 2.77. The standard InChI is InChI=1S/C11H16F2N2S/c1-7(6-16-2)5-15-11-9(12)3-8(14)4-10(11)13/h3-4,7,15H,5-6,14H2,1-2H3. The summed E-state index contributed by atoms with van der Waals surface area (Å²) < 4.78 is 26.7. The molecule has 0 bridgehead atoms. The monoisotopic (exact) mass is 246 g/mol. The summed E-state index contributed by atoms with van der Waals surface area (Å²) in [5.74, 6) is 0.0136. The van der Waals surface area contributed by atoms with Gasteiger partial charge in [0.15, 0.2) is 11.6 Å². The van der Waals surface area contributed by atoms with E-state index in [4.69, 9.17) is 5.73 Å². The third-order valence-electron chi connectivity index (χ3n) is 2.14. The van der Waals surface area contributed by atoms with E-state index in [0.29, 0.717) is 12.5 Å². The van der Waals surface area contributed by atoms with Crippen LogP contribution in [0.3, 0.4) is 0 Å². The number of hydrogen-bond acceptors (Lipinski definition) is 3. The smallest absolute Gasteiger partial charge is 0.151 e. The van der Waals surface area contributed by atoms with Crippen molar-refractivity contribution in [1.82, 2.24) is 0 Å². The van der Waals surface area contributed by atoms with Crippen molar-refractivity contribution in [2.75, 3.05) is 29.6 Å². The molecule has 0 amide bonds. The molecule has 0 aliphatic heterocycles. The van der Waals surface area contributed by atoms with Crippen LogP contribution < -0.4 is 11.1 Å². The largest absolute Gasteiger partial charge is 0.399 e. The molecule has 0 aliphatic carbocycles. The highest BCUT2D eigenvalue weighted by Gasteiger charge is 2.11. The third kappa shape index (κ3) is 3.56. The van der Waals surface area contributed by atoms with Gasteiger partial charge in [0, 0.05) is 12.2 Å². The fourth-order valence-corrected chi connectivity index (χ4v) is 2.07. The molecule has 1 aromatic rings. The van der Waals surface area contributed by atoms with E-state index < -0.39 is 11.6 Å². The van der Waals surface area contributed by atoms with Gasteiger partial charge in [-0.25, -0.2) is 8.78 Å². The summed E-state index contributed by atoms with van der Waals surface area (Å²) in [5.41, 5.74) is 5.32. The highest BCUT2D eigenvalue weighted by molar-refractivity contribution is 7.98. The van der Waals surface area contributed by atoms with E-state index in [-0.39, 0.29) is 11.4 Å². The van der Waals surface area contributed by atoms with Crippen LogP contribution in [-0.4, -0.2) is 18.6 Å². The van der Waals surface area contributed by atoms with Crippen LogP contribution in [-0.2, 0) is 0 Å². The molecule has 1 atom stereocenters. The summed E-state index contributed by atoms with van der Waals surface area (Å²) in [7, 11) is 0. The first-order chi connectivity index (χ1) is 7.54. The van der Waals surface area contributed by atoms with Crippen molar-refractivity contribution >= 4 is 23.1 Å². The van der Waals surface area contributed by atoms with Crippen molar-refractivity contribution in [3.8, 4) is 0 Å². The number of nitrogens with one attached hydrogen (secondary N) is 1. The van der Waals surface area contributed by atoms with Gasteiger partial charge in [-0.3, -0.25) is 0 Å². The zero-order valence-electron chi connectivity index (χ0n) is 9.39. The maximum Gasteiger partial charge on any atom is 0.151 e. The fraction of sp³-hybridized carbons (Fsp3) is 0.455. The van der Waals surface area contributed by atoms with Crippen LogP contribution in [0.15, 0.2) is 12.1 Å². The van der Waals surface area contributed by atoms with Gasteiger partial charge in [0.1, 0.15) is 5.69 Å². The zero-order chi connectivity index (χ0) is 12.1. The van der Waals surface area contributed by atoms with Gasteiger partial charge in [-0.1, -0.05) is 6.92 Å². The Morgan fingerprint density at radius 3 is 2.44 bits per heavy atom. The maximum atomic E-state index is 13.4. The molecule has 0 saturated carbocycles. The number of nitrogens with two attached hydrogens (primary N) is 1. The first-order valence-electron chi connectivity index (χ1n) is 5.02. The Hall–Kier alpha value is -0.970. The number of nitrogen functional groups attached to an aromatic ring is 1. The quantitative estimate of drug-likeness (QED) is 0.784. The molecule has 1 rings (SSSR count). The maximum absolute atomic E-state index is 13.4. The van der Waals surface area contributed by atoms with Crippen LogP contribution in [0.25, 0.3) is 0 Å². The number of hydrogen-bond donors (Lipinski definition) is 2. The molecule has 90 valence electrons. The van der Waals surface area contributed by atoms with Crippen molar-refractivity contribution in [3.63, 3.8) is 0 Å². The Labute approximate surface area is 98.6 Å². The third-order valence-corrected chi connectivity index (χ3v) is 3.05. The summed E-state index contributed by atoms with van der Waals surface area (Å²) in [6.45, 7) is 2.56. The predicted octanol–water partition coefficient (Wildman–Crippen LogP) is 2.96. The highest BCUT2D eigenvalue weighted by Crippen LogP contribution is 2.22. The Morgan fingerprint density at radius 2 is 1.94 bits per heavy atom. The topological polar surface area (TPSA) is 38.0 Å². The molecule has 0 heterocycles. The molecule has 2 nitrogen and oxygen atoms in total. The van der Waals surface area contributed by atoms with Gasteiger partial charge in [-0.15, -0.1) is 0 Å². The van der Waals surface area contributed by atoms with Crippen molar-refractivity contribution in [3.05, 3.63) is 23.8 Å². The van der Waals surface area contributed by atoms with Crippen LogP contribution in [0.4, 0.5) is 20.2 Å². The molecule has 16 heavy (non-hydrogen) atoms. The van der Waals surface area contributed by atoms with Gasteiger partial charge in [-0.2, -0.15) is 11.8 Å². The van der Waals surface area contributed by atoms with E-state index in [0.717, 1.165) is 17.9 Å². The number of thioether (sulfide) groups is 1. The lowest BCUT2D eigenvalue weighted by Gasteiger charge is -2.13. The van der Waals surface area contributed by atoms with Gasteiger partial charge in [0.2, 0.25) is 0 Å². The fourth-order valence-electron chi connectivity index (χ4n) is 1.38. The molecule has 1 unspecified atom stereocenters. The van der Waals surface area contributed by atoms with Crippen LogP contribution in [0, 0.1) is 17.6 Å². The summed E-state index contributed by atoms with van der Waals surface area (Å²) in [4.78, 5) is 0. The van der Waals surface area contributed by atoms with Gasteiger partial charge in [-0.05, 0) is 30.1 Å². The average molecular weight is 246 g/mol. The molecule has 1 aromatic carbocycles. The number of anilines is 2. The van der Waals surface area contributed by atoms with Gasteiger partial charge >= 0.3 is 0 Å². The summed E-state index contributed by atoms with van der Waals surface area (Å²) in [6.07, 6.45) is 2.00. The van der Waals surface area contributed by atoms with Gasteiger partial charge < -0.3 is 11.1 Å². The lowest BCUT2D eigenvalue weighted by Crippen LogP contribution is -2.15. The minimum absolute atomic E-state index is 0.0951. The minimum Gasteiger partial charge on any atom is -0.399 e.